The second-order valence-electron chi connectivity index (χ2n) is 5.70. The molecule has 1 saturated carbocycles. The fourth-order valence-corrected chi connectivity index (χ4v) is 2.92. The Morgan fingerprint density at radius 2 is 1.88 bits per heavy atom. The van der Waals surface area contributed by atoms with Crippen molar-refractivity contribution in [2.24, 2.45) is 5.92 Å². The number of hydrogen-bond donors (Lipinski definition) is 1. The minimum absolute atomic E-state index is 0.233. The number of likely N-dealkylation sites (tertiary alicyclic amines) is 1. The molecule has 2 aliphatic rings. The molecule has 1 unspecified atom stereocenters. The van der Waals surface area contributed by atoms with E-state index in [0.29, 0.717) is 12.5 Å². The third kappa shape index (κ3) is 2.76. The molecule has 0 aromatic carbocycles. The molecule has 3 nitrogen and oxygen atoms in total. The lowest BCUT2D eigenvalue weighted by molar-refractivity contribution is -0.135. The van der Waals surface area contributed by atoms with E-state index < -0.39 is 5.60 Å². The minimum Gasteiger partial charge on any atom is -0.388 e. The van der Waals surface area contributed by atoms with E-state index in [1.807, 2.05) is 11.8 Å². The summed E-state index contributed by atoms with van der Waals surface area (Å²) in [5.74, 6) is 0.524. The first-order valence-corrected chi connectivity index (χ1v) is 6.60. The van der Waals surface area contributed by atoms with Crippen LogP contribution < -0.4 is 0 Å². The van der Waals surface area contributed by atoms with Crippen molar-refractivity contribution in [1.82, 2.24) is 4.90 Å². The molecule has 1 saturated heterocycles. The maximum atomic E-state index is 12.3. The number of rotatable bonds is 1. The van der Waals surface area contributed by atoms with Gasteiger partial charge in [0.1, 0.15) is 0 Å². The summed E-state index contributed by atoms with van der Waals surface area (Å²) >= 11 is 0. The third-order valence-corrected chi connectivity index (χ3v) is 3.97. The van der Waals surface area contributed by atoms with E-state index in [9.17, 15) is 9.90 Å². The highest BCUT2D eigenvalue weighted by Gasteiger charge is 2.36. The largest absolute Gasteiger partial charge is 0.388 e. The van der Waals surface area contributed by atoms with E-state index in [1.54, 1.807) is 0 Å². The van der Waals surface area contributed by atoms with E-state index in [2.05, 4.69) is 0 Å². The van der Waals surface area contributed by atoms with Crippen molar-refractivity contribution in [3.8, 4) is 0 Å². The number of carbonyl (C=O) groups excluding carboxylic acids is 1. The van der Waals surface area contributed by atoms with E-state index >= 15 is 0 Å². The van der Waals surface area contributed by atoms with Crippen molar-refractivity contribution < 1.29 is 9.90 Å². The van der Waals surface area contributed by atoms with Crippen LogP contribution in [0.5, 0.6) is 0 Å². The van der Waals surface area contributed by atoms with Crippen LogP contribution in [0, 0.1) is 5.92 Å². The minimum atomic E-state index is -0.652. The zero-order chi connectivity index (χ0) is 11.6. The van der Waals surface area contributed by atoms with E-state index in [0.717, 1.165) is 25.8 Å². The van der Waals surface area contributed by atoms with Gasteiger partial charge in [-0.1, -0.05) is 25.7 Å². The molecule has 0 spiro atoms. The molecular formula is C13H23NO2. The molecule has 92 valence electrons. The fourth-order valence-electron chi connectivity index (χ4n) is 2.92. The summed E-state index contributed by atoms with van der Waals surface area (Å²) in [4.78, 5) is 14.1. The average molecular weight is 225 g/mol. The third-order valence-electron chi connectivity index (χ3n) is 3.97. The Hall–Kier alpha value is -0.570. The molecule has 16 heavy (non-hydrogen) atoms. The lowest BCUT2D eigenvalue weighted by Gasteiger charge is -2.23. The van der Waals surface area contributed by atoms with Crippen LogP contribution in [0.25, 0.3) is 0 Å². The summed E-state index contributed by atoms with van der Waals surface area (Å²) in [6.45, 7) is 3.10. The van der Waals surface area contributed by atoms with Crippen LogP contribution in [-0.4, -0.2) is 34.6 Å². The van der Waals surface area contributed by atoms with Crippen LogP contribution in [0.1, 0.15) is 51.9 Å². The van der Waals surface area contributed by atoms with E-state index in [1.165, 1.54) is 25.7 Å². The molecule has 3 heteroatoms. The Bertz CT molecular complexity index is 248. The molecule has 0 radical (unpaired) electrons. The fraction of sp³-hybridized carbons (Fsp3) is 0.923. The number of carbonyl (C=O) groups is 1. The van der Waals surface area contributed by atoms with Crippen molar-refractivity contribution in [2.75, 3.05) is 13.1 Å². The van der Waals surface area contributed by atoms with Crippen LogP contribution in [-0.2, 0) is 4.79 Å². The summed E-state index contributed by atoms with van der Waals surface area (Å²) in [6, 6.07) is 0. The van der Waals surface area contributed by atoms with Crippen molar-refractivity contribution in [3.05, 3.63) is 0 Å². The van der Waals surface area contributed by atoms with Gasteiger partial charge in [-0.3, -0.25) is 4.79 Å². The zero-order valence-corrected chi connectivity index (χ0v) is 10.2. The van der Waals surface area contributed by atoms with Gasteiger partial charge in [-0.25, -0.2) is 0 Å². The van der Waals surface area contributed by atoms with Gasteiger partial charge in [0.05, 0.1) is 5.60 Å². The normalized spacial score (nSPS) is 32.8. The van der Waals surface area contributed by atoms with Gasteiger partial charge in [-0.15, -0.1) is 0 Å². The SMILES string of the molecule is CC1(O)CCN(C(=O)C2CCCCCC2)C1. The molecule has 2 rings (SSSR count). The Balaban J connectivity index is 1.91. The predicted molar refractivity (Wildman–Crippen MR) is 63.0 cm³/mol. The first kappa shape index (κ1) is 11.9. The molecule has 0 aromatic heterocycles. The zero-order valence-electron chi connectivity index (χ0n) is 10.2. The lowest BCUT2D eigenvalue weighted by atomic mass is 9.99. The van der Waals surface area contributed by atoms with Crippen molar-refractivity contribution >= 4 is 5.91 Å². The summed E-state index contributed by atoms with van der Waals surface area (Å²) in [5, 5.41) is 9.87. The Kier molecular flexibility index (Phi) is 3.53. The molecule has 1 amide bonds. The molecule has 0 aromatic rings. The number of aliphatic hydroxyl groups is 1. The number of β-amino-alcohol motifs (C(OH)–C–C–N with tert-alkyl or cyclic N) is 1. The van der Waals surface area contributed by atoms with Gasteiger partial charge < -0.3 is 10.0 Å². The van der Waals surface area contributed by atoms with Gasteiger partial charge in [0, 0.05) is 19.0 Å². The molecule has 0 bridgehead atoms. The second kappa shape index (κ2) is 4.74. The predicted octanol–water partition coefficient (Wildman–Crippen LogP) is 1.94. The maximum Gasteiger partial charge on any atom is 0.225 e. The molecule has 2 fully saturated rings. The van der Waals surface area contributed by atoms with Gasteiger partial charge in [0.25, 0.3) is 0 Å². The standard InChI is InChI=1S/C13H23NO2/c1-13(16)8-9-14(10-13)12(15)11-6-4-2-3-5-7-11/h11,16H,2-10H2,1H3. The number of nitrogens with zero attached hydrogens (tertiary/aromatic N) is 1. The number of amides is 1. The van der Waals surface area contributed by atoms with Crippen molar-refractivity contribution in [2.45, 2.75) is 57.5 Å². The van der Waals surface area contributed by atoms with Crippen molar-refractivity contribution in [3.63, 3.8) is 0 Å². The molecule has 1 aliphatic carbocycles. The second-order valence-corrected chi connectivity index (χ2v) is 5.70. The Morgan fingerprint density at radius 1 is 1.25 bits per heavy atom. The average Bonchev–Trinajstić information content (AvgIpc) is 2.48. The van der Waals surface area contributed by atoms with Gasteiger partial charge in [0.15, 0.2) is 0 Å². The Labute approximate surface area is 97.8 Å². The van der Waals surface area contributed by atoms with Gasteiger partial charge in [-0.2, -0.15) is 0 Å². The lowest BCUT2D eigenvalue weighted by Crippen LogP contribution is -2.37. The topological polar surface area (TPSA) is 40.5 Å². The Morgan fingerprint density at radius 3 is 2.38 bits per heavy atom. The highest BCUT2D eigenvalue weighted by atomic mass is 16.3. The summed E-state index contributed by atoms with van der Waals surface area (Å²) in [6.07, 6.45) is 7.78. The first-order valence-electron chi connectivity index (χ1n) is 6.60. The van der Waals surface area contributed by atoms with Crippen LogP contribution in [0.4, 0.5) is 0 Å². The van der Waals surface area contributed by atoms with Crippen LogP contribution in [0.3, 0.4) is 0 Å². The molecule has 1 N–H and O–H groups in total. The monoisotopic (exact) mass is 225 g/mol. The van der Waals surface area contributed by atoms with E-state index in [-0.39, 0.29) is 5.92 Å². The van der Waals surface area contributed by atoms with Gasteiger partial charge in [-0.05, 0) is 26.2 Å². The quantitative estimate of drug-likeness (QED) is 0.693. The van der Waals surface area contributed by atoms with E-state index in [4.69, 9.17) is 0 Å². The maximum absolute atomic E-state index is 12.3. The number of hydrogen-bond acceptors (Lipinski definition) is 2. The van der Waals surface area contributed by atoms with Crippen LogP contribution in [0.15, 0.2) is 0 Å². The van der Waals surface area contributed by atoms with Crippen LogP contribution >= 0.6 is 0 Å². The smallest absolute Gasteiger partial charge is 0.225 e. The molecule has 1 atom stereocenters. The van der Waals surface area contributed by atoms with Crippen LogP contribution in [0.2, 0.25) is 0 Å². The molecule has 1 aliphatic heterocycles. The summed E-state index contributed by atoms with van der Waals surface area (Å²) < 4.78 is 0. The molecule has 1 heterocycles. The highest BCUT2D eigenvalue weighted by Crippen LogP contribution is 2.28. The van der Waals surface area contributed by atoms with Gasteiger partial charge in [0.2, 0.25) is 5.91 Å². The van der Waals surface area contributed by atoms with Gasteiger partial charge >= 0.3 is 0 Å². The summed E-state index contributed by atoms with van der Waals surface area (Å²) in [5.41, 5.74) is -0.652. The molecular weight excluding hydrogens is 202 g/mol. The highest BCUT2D eigenvalue weighted by molar-refractivity contribution is 5.79. The summed E-state index contributed by atoms with van der Waals surface area (Å²) in [7, 11) is 0. The van der Waals surface area contributed by atoms with Crippen molar-refractivity contribution in [1.29, 1.82) is 0 Å². The first-order chi connectivity index (χ1) is 7.58.